The molecule has 2 N–H and O–H groups in total. The van der Waals surface area contributed by atoms with Gasteiger partial charge in [-0.25, -0.2) is 9.37 Å². The number of rotatable bonds is 2. The van der Waals surface area contributed by atoms with Gasteiger partial charge < -0.3 is 10.5 Å². The normalized spacial score (nSPS) is 9.68. The summed E-state index contributed by atoms with van der Waals surface area (Å²) in [6.07, 6.45) is 1.28. The van der Waals surface area contributed by atoms with Gasteiger partial charge in [0.05, 0.1) is 18.5 Å². The highest BCUT2D eigenvalue weighted by molar-refractivity contribution is 5.63. The highest BCUT2D eigenvalue weighted by atomic mass is 19.1. The van der Waals surface area contributed by atoms with Crippen LogP contribution >= 0.6 is 0 Å². The first-order valence-electron chi connectivity index (χ1n) is 5.13. The van der Waals surface area contributed by atoms with Gasteiger partial charge in [0.25, 0.3) is 0 Å². The first kappa shape index (κ1) is 12.4. The largest absolute Gasteiger partial charge is 0.494 e. The van der Waals surface area contributed by atoms with E-state index in [0.717, 1.165) is 6.07 Å². The van der Waals surface area contributed by atoms with Crippen LogP contribution in [0.2, 0.25) is 0 Å². The number of nitriles is 2. The lowest BCUT2D eigenvalue weighted by molar-refractivity contribution is 0.386. The van der Waals surface area contributed by atoms with E-state index in [1.54, 1.807) is 6.07 Å². The molecule has 0 aliphatic heterocycles. The molecule has 0 saturated carbocycles. The number of hydrogen-bond donors (Lipinski definition) is 1. The van der Waals surface area contributed by atoms with Gasteiger partial charge in [0.1, 0.15) is 18.5 Å². The fourth-order valence-electron chi connectivity index (χ4n) is 1.64. The Morgan fingerprint density at radius 3 is 2.68 bits per heavy atom. The molecular weight excluding hydrogens is 249 g/mol. The average Bonchev–Trinajstić information content (AvgIpc) is 2.81. The Morgan fingerprint density at radius 2 is 2.11 bits per heavy atom. The van der Waals surface area contributed by atoms with Crippen molar-refractivity contribution in [2.75, 3.05) is 12.8 Å². The Hall–Kier alpha value is -3.06. The highest BCUT2D eigenvalue weighted by Crippen LogP contribution is 2.28. The van der Waals surface area contributed by atoms with E-state index in [2.05, 4.69) is 4.98 Å². The molecule has 1 aromatic carbocycles. The fraction of sp³-hybridized carbons (Fsp3) is 0.0833. The molecule has 1 heterocycles. The third-order valence-electron chi connectivity index (χ3n) is 2.54. The number of methoxy groups -OCH3 is 1. The van der Waals surface area contributed by atoms with E-state index < -0.39 is 5.82 Å². The molecule has 19 heavy (non-hydrogen) atoms. The lowest BCUT2D eigenvalue weighted by Gasteiger charge is -2.10. The third kappa shape index (κ3) is 1.94. The number of benzene rings is 1. The van der Waals surface area contributed by atoms with Gasteiger partial charge in [-0.05, 0) is 0 Å². The molecular formula is C12H8FN5O. The number of nitrogens with two attached hydrogens (primary N) is 1. The second-order valence-electron chi connectivity index (χ2n) is 3.58. The second kappa shape index (κ2) is 4.67. The number of halogens is 1. The standard InChI is InChI=1S/C12H8FN5O/c1-19-12-3-10(8(16)2-7(12)13)18-6-17-9(4-14)11(18)5-15/h2-3,6H,16H2,1H3. The number of ether oxygens (including phenoxy) is 1. The summed E-state index contributed by atoms with van der Waals surface area (Å²) in [5, 5.41) is 17.9. The van der Waals surface area contributed by atoms with E-state index in [9.17, 15) is 4.39 Å². The van der Waals surface area contributed by atoms with Crippen LogP contribution in [0.25, 0.3) is 5.69 Å². The molecule has 94 valence electrons. The number of hydrogen-bond acceptors (Lipinski definition) is 5. The smallest absolute Gasteiger partial charge is 0.177 e. The van der Waals surface area contributed by atoms with Crippen LogP contribution in [0.15, 0.2) is 18.5 Å². The van der Waals surface area contributed by atoms with Crippen molar-refractivity contribution in [2.45, 2.75) is 0 Å². The maximum atomic E-state index is 13.5. The van der Waals surface area contributed by atoms with Crippen molar-refractivity contribution in [3.8, 4) is 23.6 Å². The quantitative estimate of drug-likeness (QED) is 0.818. The van der Waals surface area contributed by atoms with Crippen molar-refractivity contribution < 1.29 is 9.13 Å². The van der Waals surface area contributed by atoms with E-state index in [0.29, 0.717) is 5.69 Å². The van der Waals surface area contributed by atoms with Gasteiger partial charge in [-0.2, -0.15) is 10.5 Å². The monoisotopic (exact) mass is 257 g/mol. The lowest BCUT2D eigenvalue weighted by atomic mass is 10.2. The summed E-state index contributed by atoms with van der Waals surface area (Å²) in [7, 11) is 1.32. The SMILES string of the molecule is COc1cc(-n2cnc(C#N)c2C#N)c(N)cc1F. The summed E-state index contributed by atoms with van der Waals surface area (Å²) >= 11 is 0. The van der Waals surface area contributed by atoms with Gasteiger partial charge >= 0.3 is 0 Å². The van der Waals surface area contributed by atoms with Gasteiger partial charge in [-0.1, -0.05) is 0 Å². The molecule has 0 fully saturated rings. The highest BCUT2D eigenvalue weighted by Gasteiger charge is 2.16. The minimum atomic E-state index is -0.608. The van der Waals surface area contributed by atoms with Crippen molar-refractivity contribution in [2.24, 2.45) is 0 Å². The zero-order valence-electron chi connectivity index (χ0n) is 9.88. The van der Waals surface area contributed by atoms with Crippen LogP contribution in [-0.2, 0) is 0 Å². The van der Waals surface area contributed by atoms with Gasteiger partial charge in [-0.15, -0.1) is 0 Å². The second-order valence-corrected chi connectivity index (χ2v) is 3.58. The maximum absolute atomic E-state index is 13.5. The molecule has 0 radical (unpaired) electrons. The number of aromatic nitrogens is 2. The Bertz CT molecular complexity index is 723. The van der Waals surface area contributed by atoms with Crippen LogP contribution in [0.1, 0.15) is 11.4 Å². The first-order valence-corrected chi connectivity index (χ1v) is 5.13. The molecule has 7 heteroatoms. The fourth-order valence-corrected chi connectivity index (χ4v) is 1.64. The van der Waals surface area contributed by atoms with Crippen molar-refractivity contribution in [1.82, 2.24) is 9.55 Å². The Balaban J connectivity index is 2.70. The van der Waals surface area contributed by atoms with E-state index >= 15 is 0 Å². The van der Waals surface area contributed by atoms with Crippen LogP contribution in [-0.4, -0.2) is 16.7 Å². The Kier molecular flexibility index (Phi) is 3.05. The molecule has 0 atom stereocenters. The molecule has 1 aromatic heterocycles. The van der Waals surface area contributed by atoms with E-state index in [1.165, 1.54) is 24.1 Å². The number of anilines is 1. The molecule has 0 amide bonds. The van der Waals surface area contributed by atoms with Crippen molar-refractivity contribution in [1.29, 1.82) is 10.5 Å². The molecule has 6 nitrogen and oxygen atoms in total. The average molecular weight is 257 g/mol. The predicted octanol–water partition coefficient (Wildman–Crippen LogP) is 1.35. The summed E-state index contributed by atoms with van der Waals surface area (Å²) in [5.41, 5.74) is 6.15. The molecule has 0 spiro atoms. The predicted molar refractivity (Wildman–Crippen MR) is 63.9 cm³/mol. The van der Waals surface area contributed by atoms with E-state index in [1.807, 2.05) is 6.07 Å². The molecule has 2 aromatic rings. The Labute approximate surface area is 108 Å². The molecule has 0 unspecified atom stereocenters. The number of imidazole rings is 1. The molecule has 2 rings (SSSR count). The van der Waals surface area contributed by atoms with Crippen LogP contribution in [0.5, 0.6) is 5.75 Å². The molecule has 0 aliphatic carbocycles. The lowest BCUT2D eigenvalue weighted by Crippen LogP contribution is -2.03. The topological polar surface area (TPSA) is 101 Å². The van der Waals surface area contributed by atoms with Crippen LogP contribution in [0.3, 0.4) is 0 Å². The summed E-state index contributed by atoms with van der Waals surface area (Å²) in [4.78, 5) is 3.79. The minimum absolute atomic E-state index is 0.0136. The van der Waals surface area contributed by atoms with Crippen LogP contribution in [0, 0.1) is 28.5 Å². The van der Waals surface area contributed by atoms with Crippen LogP contribution in [0.4, 0.5) is 10.1 Å². The van der Waals surface area contributed by atoms with Crippen molar-refractivity contribution in [3.05, 3.63) is 35.7 Å². The maximum Gasteiger partial charge on any atom is 0.177 e. The summed E-state index contributed by atoms with van der Waals surface area (Å²) in [6, 6.07) is 6.08. The zero-order valence-corrected chi connectivity index (χ0v) is 9.88. The summed E-state index contributed by atoms with van der Waals surface area (Å²) in [5.74, 6) is -0.622. The van der Waals surface area contributed by atoms with Crippen LogP contribution < -0.4 is 10.5 Å². The van der Waals surface area contributed by atoms with Gasteiger partial charge in [-0.3, -0.25) is 4.57 Å². The summed E-state index contributed by atoms with van der Waals surface area (Å²) in [6.45, 7) is 0. The minimum Gasteiger partial charge on any atom is -0.494 e. The number of nitrogen functional groups attached to an aromatic ring is 1. The Morgan fingerprint density at radius 1 is 1.37 bits per heavy atom. The molecule has 0 bridgehead atoms. The first-order chi connectivity index (χ1) is 9.12. The van der Waals surface area contributed by atoms with Gasteiger partial charge in [0.15, 0.2) is 23.0 Å². The van der Waals surface area contributed by atoms with Gasteiger partial charge in [0, 0.05) is 12.1 Å². The molecule has 0 saturated heterocycles. The molecule has 0 aliphatic rings. The summed E-state index contributed by atoms with van der Waals surface area (Å²) < 4.78 is 19.6. The number of nitrogens with zero attached hydrogens (tertiary/aromatic N) is 4. The zero-order chi connectivity index (χ0) is 14.0. The van der Waals surface area contributed by atoms with E-state index in [4.69, 9.17) is 21.0 Å². The van der Waals surface area contributed by atoms with Crippen molar-refractivity contribution >= 4 is 5.69 Å². The third-order valence-corrected chi connectivity index (χ3v) is 2.54. The van der Waals surface area contributed by atoms with E-state index in [-0.39, 0.29) is 22.8 Å². The van der Waals surface area contributed by atoms with Gasteiger partial charge in [0.2, 0.25) is 0 Å². The van der Waals surface area contributed by atoms with Crippen molar-refractivity contribution in [3.63, 3.8) is 0 Å².